The molecule has 24 heavy (non-hydrogen) atoms. The molecular formula is C16H11Cl2N3OS2. The van der Waals surface area contributed by atoms with Crippen molar-refractivity contribution < 1.29 is 4.79 Å². The Morgan fingerprint density at radius 1 is 1.29 bits per heavy atom. The van der Waals surface area contributed by atoms with Gasteiger partial charge in [0, 0.05) is 10.6 Å². The molecule has 1 amide bonds. The molecule has 0 atom stereocenters. The third-order valence-corrected chi connectivity index (χ3v) is 5.70. The number of hydrogen-bond donors (Lipinski definition) is 1. The number of nitrogens with one attached hydrogen (secondary N) is 1. The zero-order chi connectivity index (χ0) is 16.9. The van der Waals surface area contributed by atoms with E-state index in [4.69, 9.17) is 23.2 Å². The van der Waals surface area contributed by atoms with Crippen LogP contribution in [0.3, 0.4) is 0 Å². The Labute approximate surface area is 156 Å². The second-order valence-electron chi connectivity index (χ2n) is 4.70. The monoisotopic (exact) mass is 395 g/mol. The van der Waals surface area contributed by atoms with E-state index in [1.807, 2.05) is 24.3 Å². The molecule has 1 N–H and O–H groups in total. The van der Waals surface area contributed by atoms with E-state index >= 15 is 0 Å². The molecule has 3 rings (SSSR count). The number of fused-ring (bicyclic) bond motifs is 1. The normalized spacial score (nSPS) is 11.2. The van der Waals surface area contributed by atoms with Gasteiger partial charge in [-0.15, -0.1) is 11.3 Å². The first-order chi connectivity index (χ1) is 11.6. The van der Waals surface area contributed by atoms with Crippen molar-refractivity contribution >= 4 is 68.6 Å². The first-order valence-corrected chi connectivity index (χ1v) is 9.43. The number of thioether (sulfide) groups is 1. The highest BCUT2D eigenvalue weighted by atomic mass is 35.5. The zero-order valence-electron chi connectivity index (χ0n) is 12.2. The van der Waals surface area contributed by atoms with Crippen LogP contribution >= 0.6 is 46.3 Å². The van der Waals surface area contributed by atoms with E-state index < -0.39 is 0 Å². The average molecular weight is 396 g/mol. The van der Waals surface area contributed by atoms with Crippen molar-refractivity contribution in [1.29, 1.82) is 0 Å². The molecule has 0 saturated heterocycles. The van der Waals surface area contributed by atoms with E-state index in [0.29, 0.717) is 15.6 Å². The lowest BCUT2D eigenvalue weighted by atomic mass is 10.2. The topological polar surface area (TPSA) is 54.4 Å². The Kier molecular flexibility index (Phi) is 5.73. The number of rotatable bonds is 5. The fourth-order valence-corrected chi connectivity index (χ4v) is 4.17. The summed E-state index contributed by atoms with van der Waals surface area (Å²) in [5, 5.41) is 4.93. The number of carbonyl (C=O) groups is 1. The summed E-state index contributed by atoms with van der Waals surface area (Å²) in [5.41, 5.74) is 4.10. The Balaban J connectivity index is 1.53. The van der Waals surface area contributed by atoms with Crippen LogP contribution in [0.2, 0.25) is 10.0 Å². The fourth-order valence-electron chi connectivity index (χ4n) is 1.85. The summed E-state index contributed by atoms with van der Waals surface area (Å²) in [6, 6.07) is 12.9. The number of halogens is 2. The highest BCUT2D eigenvalue weighted by Gasteiger charge is 2.07. The molecule has 0 aliphatic heterocycles. The molecule has 2 aromatic carbocycles. The number of hydrazone groups is 1. The number of benzene rings is 2. The first-order valence-electron chi connectivity index (χ1n) is 6.87. The number of aromatic nitrogens is 1. The number of para-hydroxylation sites is 1. The van der Waals surface area contributed by atoms with Gasteiger partial charge in [-0.3, -0.25) is 4.79 Å². The Hall–Kier alpha value is -1.60. The number of amides is 1. The van der Waals surface area contributed by atoms with Gasteiger partial charge in [-0.1, -0.05) is 53.2 Å². The summed E-state index contributed by atoms with van der Waals surface area (Å²) in [5.74, 6) is 0.0338. The molecule has 0 spiro atoms. The standard InChI is InChI=1S/C16H11Cl2N3OS2/c17-11-6-5-10(12(18)7-11)8-19-21-15(22)9-23-16-20-13-3-1-2-4-14(13)24-16/h1-8H,9H2,(H,21,22). The molecule has 3 aromatic rings. The molecule has 0 aliphatic carbocycles. The average Bonchev–Trinajstić information content (AvgIpc) is 2.98. The van der Waals surface area contributed by atoms with Crippen LogP contribution in [-0.2, 0) is 4.79 Å². The van der Waals surface area contributed by atoms with Crippen LogP contribution in [0.25, 0.3) is 10.2 Å². The minimum atomic E-state index is -0.208. The van der Waals surface area contributed by atoms with Gasteiger partial charge < -0.3 is 0 Å². The fraction of sp³-hybridized carbons (Fsp3) is 0.0625. The lowest BCUT2D eigenvalue weighted by Crippen LogP contribution is -2.19. The minimum Gasteiger partial charge on any atom is -0.272 e. The van der Waals surface area contributed by atoms with Gasteiger partial charge in [0.25, 0.3) is 5.91 Å². The van der Waals surface area contributed by atoms with E-state index in [2.05, 4.69) is 15.5 Å². The lowest BCUT2D eigenvalue weighted by Gasteiger charge is -1.99. The molecule has 4 nitrogen and oxygen atoms in total. The molecule has 8 heteroatoms. The molecule has 0 unspecified atom stereocenters. The summed E-state index contributed by atoms with van der Waals surface area (Å²) in [7, 11) is 0. The predicted octanol–water partition coefficient (Wildman–Crippen LogP) is 4.85. The van der Waals surface area contributed by atoms with Gasteiger partial charge in [0.15, 0.2) is 4.34 Å². The highest BCUT2D eigenvalue weighted by molar-refractivity contribution is 8.01. The Morgan fingerprint density at radius 3 is 2.92 bits per heavy atom. The van der Waals surface area contributed by atoms with Crippen molar-refractivity contribution in [3.63, 3.8) is 0 Å². The predicted molar refractivity (Wildman–Crippen MR) is 103 cm³/mol. The van der Waals surface area contributed by atoms with Crippen LogP contribution in [0.15, 0.2) is 51.9 Å². The van der Waals surface area contributed by atoms with Crippen LogP contribution in [-0.4, -0.2) is 22.9 Å². The van der Waals surface area contributed by atoms with Gasteiger partial charge in [-0.25, -0.2) is 10.4 Å². The molecule has 0 fully saturated rings. The highest BCUT2D eigenvalue weighted by Crippen LogP contribution is 2.29. The number of hydrogen-bond acceptors (Lipinski definition) is 5. The summed E-state index contributed by atoms with van der Waals surface area (Å²) >= 11 is 14.8. The summed E-state index contributed by atoms with van der Waals surface area (Å²) in [6.45, 7) is 0. The SMILES string of the molecule is O=C(CSc1nc2ccccc2s1)NN=Cc1ccc(Cl)cc1Cl. The number of nitrogens with zero attached hydrogens (tertiary/aromatic N) is 2. The third kappa shape index (κ3) is 4.48. The van der Waals surface area contributed by atoms with Crippen molar-refractivity contribution in [3.8, 4) is 0 Å². The smallest absolute Gasteiger partial charge is 0.250 e. The van der Waals surface area contributed by atoms with Crippen LogP contribution in [0.1, 0.15) is 5.56 Å². The van der Waals surface area contributed by atoms with Gasteiger partial charge in [0.1, 0.15) is 0 Å². The van der Waals surface area contributed by atoms with E-state index in [0.717, 1.165) is 14.6 Å². The second kappa shape index (κ2) is 7.98. The summed E-state index contributed by atoms with van der Waals surface area (Å²) in [6.07, 6.45) is 1.49. The molecule has 0 aliphatic rings. The molecule has 0 radical (unpaired) electrons. The second-order valence-corrected chi connectivity index (χ2v) is 7.79. The van der Waals surface area contributed by atoms with Gasteiger partial charge in [0.05, 0.1) is 27.2 Å². The summed E-state index contributed by atoms with van der Waals surface area (Å²) < 4.78 is 1.96. The van der Waals surface area contributed by atoms with E-state index in [1.54, 1.807) is 29.5 Å². The molecule has 0 bridgehead atoms. The molecular weight excluding hydrogens is 385 g/mol. The van der Waals surface area contributed by atoms with Crippen molar-refractivity contribution in [2.24, 2.45) is 5.10 Å². The van der Waals surface area contributed by atoms with Crippen LogP contribution in [0, 0.1) is 0 Å². The van der Waals surface area contributed by atoms with Crippen LogP contribution < -0.4 is 5.43 Å². The number of thiazole rings is 1. The lowest BCUT2D eigenvalue weighted by molar-refractivity contribution is -0.118. The van der Waals surface area contributed by atoms with Gasteiger partial charge in [-0.2, -0.15) is 5.10 Å². The Morgan fingerprint density at radius 2 is 2.12 bits per heavy atom. The maximum atomic E-state index is 11.8. The third-order valence-electron chi connectivity index (χ3n) is 2.96. The number of carbonyl (C=O) groups excluding carboxylic acids is 1. The van der Waals surface area contributed by atoms with Crippen LogP contribution in [0.5, 0.6) is 0 Å². The molecule has 0 saturated carbocycles. The maximum Gasteiger partial charge on any atom is 0.250 e. The van der Waals surface area contributed by atoms with E-state index in [1.165, 1.54) is 18.0 Å². The van der Waals surface area contributed by atoms with E-state index in [9.17, 15) is 4.79 Å². The quantitative estimate of drug-likeness (QED) is 0.381. The maximum absolute atomic E-state index is 11.8. The van der Waals surface area contributed by atoms with Crippen molar-refractivity contribution in [1.82, 2.24) is 10.4 Å². The summed E-state index contributed by atoms with van der Waals surface area (Å²) in [4.78, 5) is 16.3. The molecule has 1 heterocycles. The zero-order valence-corrected chi connectivity index (χ0v) is 15.3. The van der Waals surface area contributed by atoms with Crippen molar-refractivity contribution in [2.45, 2.75) is 4.34 Å². The largest absolute Gasteiger partial charge is 0.272 e. The van der Waals surface area contributed by atoms with Gasteiger partial charge >= 0.3 is 0 Å². The van der Waals surface area contributed by atoms with E-state index in [-0.39, 0.29) is 11.7 Å². The van der Waals surface area contributed by atoms with Gasteiger partial charge in [0.2, 0.25) is 0 Å². The van der Waals surface area contributed by atoms with Gasteiger partial charge in [-0.05, 0) is 24.3 Å². The molecule has 122 valence electrons. The molecule has 1 aromatic heterocycles. The van der Waals surface area contributed by atoms with Crippen molar-refractivity contribution in [2.75, 3.05) is 5.75 Å². The van der Waals surface area contributed by atoms with Crippen LogP contribution in [0.4, 0.5) is 0 Å². The first kappa shape index (κ1) is 17.2. The van der Waals surface area contributed by atoms with Crippen molar-refractivity contribution in [3.05, 3.63) is 58.1 Å². The Bertz CT molecular complexity index is 878. The minimum absolute atomic E-state index is 0.208.